The maximum absolute atomic E-state index is 3.79. The monoisotopic (exact) mass is 363 g/mol. The second kappa shape index (κ2) is 6.64. The molecule has 0 saturated heterocycles. The van der Waals surface area contributed by atoms with E-state index in [1.165, 1.54) is 32.6 Å². The molecule has 2 aromatic rings. The largest absolute Gasteiger partial charge is 0.310 e. The lowest BCUT2D eigenvalue weighted by atomic mass is 9.99. The summed E-state index contributed by atoms with van der Waals surface area (Å²) in [6.07, 6.45) is 2.49. The molecule has 21 heavy (non-hydrogen) atoms. The fourth-order valence-corrected chi connectivity index (χ4v) is 4.98. The maximum atomic E-state index is 3.79. The summed E-state index contributed by atoms with van der Waals surface area (Å²) >= 11 is 5.49. The molecule has 0 bridgehead atoms. The normalized spacial score (nSPS) is 22.2. The highest BCUT2D eigenvalue weighted by atomic mass is 79.9. The zero-order valence-corrected chi connectivity index (χ0v) is 15.0. The van der Waals surface area contributed by atoms with Gasteiger partial charge in [-0.1, -0.05) is 37.3 Å². The summed E-state index contributed by atoms with van der Waals surface area (Å²) in [6, 6.07) is 13.8. The Morgan fingerprint density at radius 3 is 2.71 bits per heavy atom. The van der Waals surface area contributed by atoms with E-state index in [2.05, 4.69) is 71.5 Å². The van der Waals surface area contributed by atoms with Crippen LogP contribution in [0, 0.1) is 12.8 Å². The second-order valence-corrected chi connectivity index (χ2v) is 8.55. The Morgan fingerprint density at radius 1 is 1.33 bits per heavy atom. The SMILES string of the molecule is CCCNC(c1cc(Br)sc1C)C1CC1c1ccccc1. The van der Waals surface area contributed by atoms with Crippen LogP contribution >= 0.6 is 27.3 Å². The van der Waals surface area contributed by atoms with Gasteiger partial charge in [0.15, 0.2) is 0 Å². The summed E-state index contributed by atoms with van der Waals surface area (Å²) in [7, 11) is 0. The van der Waals surface area contributed by atoms with Crippen molar-refractivity contribution in [2.45, 2.75) is 38.6 Å². The van der Waals surface area contributed by atoms with E-state index in [1.807, 2.05) is 11.3 Å². The highest BCUT2D eigenvalue weighted by molar-refractivity contribution is 9.11. The molecule has 0 aliphatic heterocycles. The molecule has 3 atom stereocenters. The Bertz CT molecular complexity index is 593. The third kappa shape index (κ3) is 3.41. The number of rotatable bonds is 6. The summed E-state index contributed by atoms with van der Waals surface area (Å²) in [5.41, 5.74) is 2.99. The summed E-state index contributed by atoms with van der Waals surface area (Å²) in [5, 5.41) is 3.79. The quantitative estimate of drug-likeness (QED) is 0.697. The van der Waals surface area contributed by atoms with Crippen LogP contribution in [-0.2, 0) is 0 Å². The van der Waals surface area contributed by atoms with Crippen molar-refractivity contribution >= 4 is 27.3 Å². The van der Waals surface area contributed by atoms with Crippen molar-refractivity contribution in [3.05, 3.63) is 56.2 Å². The Hall–Kier alpha value is -0.640. The molecule has 1 aromatic carbocycles. The molecular weight excluding hydrogens is 342 g/mol. The lowest BCUT2D eigenvalue weighted by Gasteiger charge is -2.19. The van der Waals surface area contributed by atoms with Gasteiger partial charge in [-0.15, -0.1) is 11.3 Å². The minimum atomic E-state index is 0.498. The van der Waals surface area contributed by atoms with Crippen molar-refractivity contribution in [1.29, 1.82) is 0 Å². The average molecular weight is 364 g/mol. The molecule has 3 rings (SSSR count). The van der Waals surface area contributed by atoms with Crippen LogP contribution in [0.15, 0.2) is 40.2 Å². The van der Waals surface area contributed by atoms with Gasteiger partial charge < -0.3 is 5.32 Å². The number of aryl methyl sites for hydroxylation is 1. The topological polar surface area (TPSA) is 12.0 Å². The molecule has 1 fully saturated rings. The summed E-state index contributed by atoms with van der Waals surface area (Å²) in [6.45, 7) is 5.57. The minimum Gasteiger partial charge on any atom is -0.310 e. The fourth-order valence-electron chi connectivity index (χ4n) is 3.23. The van der Waals surface area contributed by atoms with E-state index in [-0.39, 0.29) is 0 Å². The van der Waals surface area contributed by atoms with Crippen LogP contribution in [0.1, 0.15) is 47.7 Å². The van der Waals surface area contributed by atoms with Crippen LogP contribution in [0.5, 0.6) is 0 Å². The van der Waals surface area contributed by atoms with Crippen LogP contribution in [0.25, 0.3) is 0 Å². The van der Waals surface area contributed by atoms with Gasteiger partial charge in [0, 0.05) is 10.9 Å². The fraction of sp³-hybridized carbons (Fsp3) is 0.444. The summed E-state index contributed by atoms with van der Waals surface area (Å²) < 4.78 is 1.25. The highest BCUT2D eigenvalue weighted by Gasteiger charge is 2.44. The molecular formula is C18H22BrNS. The number of halogens is 1. The van der Waals surface area contributed by atoms with Crippen LogP contribution in [0.3, 0.4) is 0 Å². The molecule has 1 aliphatic rings. The van der Waals surface area contributed by atoms with Gasteiger partial charge in [0.2, 0.25) is 0 Å². The third-order valence-electron chi connectivity index (χ3n) is 4.37. The lowest BCUT2D eigenvalue weighted by molar-refractivity contribution is 0.472. The Morgan fingerprint density at radius 2 is 2.10 bits per heavy atom. The molecule has 0 amide bonds. The molecule has 1 aromatic heterocycles. The Balaban J connectivity index is 1.80. The van der Waals surface area contributed by atoms with Crippen molar-refractivity contribution < 1.29 is 0 Å². The van der Waals surface area contributed by atoms with Gasteiger partial charge in [-0.05, 0) is 71.3 Å². The van der Waals surface area contributed by atoms with Gasteiger partial charge in [-0.25, -0.2) is 0 Å². The first-order valence-corrected chi connectivity index (χ1v) is 9.35. The number of nitrogens with one attached hydrogen (secondary N) is 1. The van der Waals surface area contributed by atoms with Gasteiger partial charge in [0.25, 0.3) is 0 Å². The molecule has 3 heteroatoms. The van der Waals surface area contributed by atoms with Crippen LogP contribution in [0.2, 0.25) is 0 Å². The summed E-state index contributed by atoms with van der Waals surface area (Å²) in [4.78, 5) is 1.44. The van der Waals surface area contributed by atoms with Crippen LogP contribution < -0.4 is 5.32 Å². The van der Waals surface area contributed by atoms with E-state index in [0.29, 0.717) is 6.04 Å². The van der Waals surface area contributed by atoms with Crippen LogP contribution in [0.4, 0.5) is 0 Å². The molecule has 1 aliphatic carbocycles. The maximum Gasteiger partial charge on any atom is 0.0704 e. The predicted octanol–water partition coefficient (Wildman–Crippen LogP) is 5.66. The first kappa shape index (κ1) is 15.3. The predicted molar refractivity (Wildman–Crippen MR) is 95.1 cm³/mol. The Kier molecular flexibility index (Phi) is 4.82. The number of hydrogen-bond acceptors (Lipinski definition) is 2. The first-order chi connectivity index (χ1) is 10.2. The highest BCUT2D eigenvalue weighted by Crippen LogP contribution is 2.55. The number of benzene rings is 1. The lowest BCUT2D eigenvalue weighted by Crippen LogP contribution is -2.24. The third-order valence-corrected chi connectivity index (χ3v) is 5.94. The number of thiophene rings is 1. The van der Waals surface area contributed by atoms with Crippen molar-refractivity contribution in [2.75, 3.05) is 6.54 Å². The van der Waals surface area contributed by atoms with Gasteiger partial charge in [0.1, 0.15) is 0 Å². The van der Waals surface area contributed by atoms with Crippen molar-refractivity contribution in [3.8, 4) is 0 Å². The molecule has 0 radical (unpaired) electrons. The van der Waals surface area contributed by atoms with Gasteiger partial charge >= 0.3 is 0 Å². The molecule has 1 N–H and O–H groups in total. The van der Waals surface area contributed by atoms with E-state index >= 15 is 0 Å². The van der Waals surface area contributed by atoms with Gasteiger partial charge in [-0.3, -0.25) is 0 Å². The molecule has 1 heterocycles. The van der Waals surface area contributed by atoms with Crippen molar-refractivity contribution in [3.63, 3.8) is 0 Å². The zero-order valence-electron chi connectivity index (χ0n) is 12.6. The van der Waals surface area contributed by atoms with E-state index in [9.17, 15) is 0 Å². The average Bonchev–Trinajstić information content (AvgIpc) is 3.20. The van der Waals surface area contributed by atoms with E-state index < -0.39 is 0 Å². The van der Waals surface area contributed by atoms with E-state index in [4.69, 9.17) is 0 Å². The molecule has 112 valence electrons. The standard InChI is InChI=1S/C18H22BrNS/c1-3-9-20-18(14-11-17(19)21-12(14)2)16-10-15(16)13-7-5-4-6-8-13/h4-8,11,15-16,18,20H,3,9-10H2,1-2H3. The number of hydrogen-bond donors (Lipinski definition) is 1. The van der Waals surface area contributed by atoms with Gasteiger partial charge in [-0.2, -0.15) is 0 Å². The Labute approximate surface area is 139 Å². The molecule has 1 saturated carbocycles. The van der Waals surface area contributed by atoms with E-state index in [1.54, 1.807) is 0 Å². The second-order valence-electron chi connectivity index (χ2n) is 5.91. The molecule has 1 nitrogen and oxygen atoms in total. The van der Waals surface area contributed by atoms with Crippen LogP contribution in [-0.4, -0.2) is 6.54 Å². The molecule has 3 unspecified atom stereocenters. The first-order valence-electron chi connectivity index (χ1n) is 7.75. The van der Waals surface area contributed by atoms with Crippen molar-refractivity contribution in [1.82, 2.24) is 5.32 Å². The molecule has 0 spiro atoms. The van der Waals surface area contributed by atoms with Crippen molar-refractivity contribution in [2.24, 2.45) is 5.92 Å². The van der Waals surface area contributed by atoms with Gasteiger partial charge in [0.05, 0.1) is 3.79 Å². The summed E-state index contributed by atoms with van der Waals surface area (Å²) in [5.74, 6) is 1.46. The van der Waals surface area contributed by atoms with E-state index in [0.717, 1.165) is 18.4 Å². The zero-order chi connectivity index (χ0) is 14.8. The minimum absolute atomic E-state index is 0.498. The smallest absolute Gasteiger partial charge is 0.0704 e.